The molecule has 0 bridgehead atoms. The molecule has 1 aliphatic heterocycles. The van der Waals surface area contributed by atoms with Crippen molar-refractivity contribution in [3.05, 3.63) is 60.8 Å². The van der Waals surface area contributed by atoms with Crippen molar-refractivity contribution in [1.29, 1.82) is 0 Å². The fourth-order valence-electron chi connectivity index (χ4n) is 8.64. The van der Waals surface area contributed by atoms with Crippen LogP contribution >= 0.6 is 0 Å². The number of carbonyl (C=O) groups is 1. The van der Waals surface area contributed by atoms with E-state index in [0.717, 1.165) is 77.0 Å². The summed E-state index contributed by atoms with van der Waals surface area (Å²) in [5.41, 5.74) is 0. The van der Waals surface area contributed by atoms with E-state index >= 15 is 0 Å². The third kappa shape index (κ3) is 41.8. The van der Waals surface area contributed by atoms with Crippen LogP contribution in [0.3, 0.4) is 0 Å². The molecule has 1 aliphatic rings. The summed E-state index contributed by atoms with van der Waals surface area (Å²) in [6.07, 6.45) is 54.0. The fourth-order valence-corrected chi connectivity index (χ4v) is 9.15. The molecule has 6 unspecified atom stereocenters. The van der Waals surface area contributed by atoms with Crippen LogP contribution in [0.4, 0.5) is 0 Å². The van der Waals surface area contributed by atoms with Crippen molar-refractivity contribution in [2.24, 2.45) is 0 Å². The summed E-state index contributed by atoms with van der Waals surface area (Å²) in [7, 11) is -5.07. The number of hydrogen-bond acceptors (Lipinski definition) is 11. The molecule has 12 nitrogen and oxygen atoms in total. The van der Waals surface area contributed by atoms with Crippen molar-refractivity contribution >= 4 is 16.4 Å². The van der Waals surface area contributed by atoms with Crippen molar-refractivity contribution in [1.82, 2.24) is 0 Å². The van der Waals surface area contributed by atoms with Gasteiger partial charge < -0.3 is 34.3 Å². The van der Waals surface area contributed by atoms with Crippen molar-refractivity contribution in [3.8, 4) is 0 Å². The summed E-state index contributed by atoms with van der Waals surface area (Å²) in [6.45, 7) is 3.90. The Morgan fingerprint density at radius 1 is 0.549 bits per heavy atom. The largest absolute Gasteiger partial charge is 0.457 e. The lowest BCUT2D eigenvalue weighted by Gasteiger charge is -2.41. The summed E-state index contributed by atoms with van der Waals surface area (Å²) in [4.78, 5) is 12.9. The zero-order valence-corrected chi connectivity index (χ0v) is 45.6. The van der Waals surface area contributed by atoms with Crippen LogP contribution in [0.15, 0.2) is 60.8 Å². The monoisotopic (exact) mass is 1020 g/mol. The highest BCUT2D eigenvalue weighted by molar-refractivity contribution is 7.80. The van der Waals surface area contributed by atoms with Crippen molar-refractivity contribution < 1.29 is 56.2 Å². The maximum atomic E-state index is 12.9. The first-order valence-corrected chi connectivity index (χ1v) is 29.9. The Hall–Kier alpha value is -2.20. The molecule has 414 valence electrons. The van der Waals surface area contributed by atoms with Crippen LogP contribution in [0.5, 0.6) is 0 Å². The predicted octanol–water partition coefficient (Wildman–Crippen LogP) is 14.0. The molecule has 0 aliphatic carbocycles. The standard InChI is InChI=1S/C58H104O12S/c1-3-5-7-9-11-13-15-17-19-21-23-24-25-26-27-28-29-30-32-34-36-38-40-42-44-46-48-66-50-52(51-67-58-56(62)57(70-71(63,64)65)55(61)53(49-59)69-58)68-54(60)47-45-43-41-39-37-35-33-31-22-20-18-16-14-12-10-8-6-4-2/h5,7,11,13,17,19,23-24,26-27,52-53,55-59,61-62H,3-4,6,8-10,12,14-16,18,20-22,25,28-51H2,1-2H3,(H,63,64,65)/b7-5-,13-11-,19-17-,24-23-,27-26-. The second-order valence-electron chi connectivity index (χ2n) is 19.5. The van der Waals surface area contributed by atoms with Crippen molar-refractivity contribution in [3.63, 3.8) is 0 Å². The van der Waals surface area contributed by atoms with Gasteiger partial charge in [0.25, 0.3) is 0 Å². The molecule has 13 heteroatoms. The summed E-state index contributed by atoms with van der Waals surface area (Å²) in [6, 6.07) is 0. The van der Waals surface area contributed by atoms with E-state index in [1.165, 1.54) is 135 Å². The molecule has 0 amide bonds. The number of carbonyl (C=O) groups excluding carboxylic acids is 1. The van der Waals surface area contributed by atoms with Crippen LogP contribution in [0, 0.1) is 0 Å². The van der Waals surface area contributed by atoms with Gasteiger partial charge >= 0.3 is 16.4 Å². The Balaban J connectivity index is 2.29. The Labute approximate surface area is 433 Å². The van der Waals surface area contributed by atoms with Crippen LogP contribution in [0.1, 0.15) is 239 Å². The highest BCUT2D eigenvalue weighted by Crippen LogP contribution is 2.26. The highest BCUT2D eigenvalue weighted by atomic mass is 32.3. The first kappa shape index (κ1) is 66.8. The quantitative estimate of drug-likeness (QED) is 0.0196. The number of aliphatic hydroxyl groups is 3. The molecule has 0 saturated carbocycles. The number of ether oxygens (including phenoxy) is 4. The molecule has 1 rings (SSSR count). The summed E-state index contributed by atoms with van der Waals surface area (Å²) in [5.74, 6) is -0.398. The first-order valence-electron chi connectivity index (χ1n) is 28.5. The molecule has 4 N–H and O–H groups in total. The lowest BCUT2D eigenvalue weighted by atomic mass is 9.99. The zero-order valence-electron chi connectivity index (χ0n) is 44.8. The van der Waals surface area contributed by atoms with E-state index in [1.807, 2.05) is 0 Å². The van der Waals surface area contributed by atoms with Crippen LogP contribution < -0.4 is 0 Å². The Morgan fingerprint density at radius 3 is 1.42 bits per heavy atom. The van der Waals surface area contributed by atoms with Gasteiger partial charge in [0.1, 0.15) is 30.5 Å². The zero-order chi connectivity index (χ0) is 51.7. The lowest BCUT2D eigenvalue weighted by molar-refractivity contribution is -0.301. The number of rotatable bonds is 50. The second kappa shape index (κ2) is 48.7. The van der Waals surface area contributed by atoms with Gasteiger partial charge in [-0.25, -0.2) is 4.18 Å². The van der Waals surface area contributed by atoms with Crippen molar-refractivity contribution in [2.75, 3.05) is 26.4 Å². The van der Waals surface area contributed by atoms with E-state index in [1.54, 1.807) is 0 Å². The van der Waals surface area contributed by atoms with Gasteiger partial charge in [-0.2, -0.15) is 8.42 Å². The lowest BCUT2D eigenvalue weighted by Crippen LogP contribution is -2.60. The van der Waals surface area contributed by atoms with E-state index in [0.29, 0.717) is 13.0 Å². The van der Waals surface area contributed by atoms with Crippen LogP contribution in [0.25, 0.3) is 0 Å². The number of allylic oxidation sites excluding steroid dienone is 10. The number of esters is 1. The minimum Gasteiger partial charge on any atom is -0.457 e. The second-order valence-corrected chi connectivity index (χ2v) is 20.6. The van der Waals surface area contributed by atoms with Crippen LogP contribution in [-0.4, -0.2) is 97.5 Å². The van der Waals surface area contributed by atoms with Crippen molar-refractivity contribution in [2.45, 2.75) is 275 Å². The Bertz CT molecular complexity index is 1460. The SMILES string of the molecule is CC/C=C\C/C=C\C/C=C\C/C=C\C/C=C\CCCCCCCCCCCCOCC(COC1OC(CO)C(O)C(OS(=O)(=O)O)C1O)OC(=O)CCCCCCCCCCCCCCCCCCCC. The van der Waals surface area contributed by atoms with Crippen LogP contribution in [0.2, 0.25) is 0 Å². The number of hydrogen-bond donors (Lipinski definition) is 4. The fraction of sp³-hybridized carbons (Fsp3) is 0.810. The molecule has 1 heterocycles. The van der Waals surface area contributed by atoms with Gasteiger partial charge in [-0.3, -0.25) is 9.35 Å². The van der Waals surface area contributed by atoms with Gasteiger partial charge in [0, 0.05) is 13.0 Å². The first-order chi connectivity index (χ1) is 34.6. The van der Waals surface area contributed by atoms with Gasteiger partial charge in [-0.15, -0.1) is 0 Å². The molecule has 1 fully saturated rings. The van der Waals surface area contributed by atoms with Crippen LogP contribution in [-0.2, 0) is 38.3 Å². The molecular formula is C58H104O12S. The van der Waals surface area contributed by atoms with E-state index in [4.69, 9.17) is 18.9 Å². The average molecular weight is 1030 g/mol. The molecule has 0 spiro atoms. The smallest absolute Gasteiger partial charge is 0.397 e. The molecule has 0 aromatic rings. The Morgan fingerprint density at radius 2 is 0.972 bits per heavy atom. The summed E-state index contributed by atoms with van der Waals surface area (Å²) >= 11 is 0. The molecule has 6 atom stereocenters. The minimum atomic E-state index is -5.07. The molecule has 0 aromatic heterocycles. The molecule has 0 radical (unpaired) electrons. The van der Waals surface area contributed by atoms with Gasteiger partial charge in [0.15, 0.2) is 6.29 Å². The van der Waals surface area contributed by atoms with E-state index in [9.17, 15) is 33.1 Å². The normalized spacial score (nSPS) is 19.4. The minimum absolute atomic E-state index is 0.0335. The third-order valence-corrected chi connectivity index (χ3v) is 13.4. The summed E-state index contributed by atoms with van der Waals surface area (Å²) in [5, 5.41) is 30.8. The molecule has 0 aromatic carbocycles. The van der Waals surface area contributed by atoms with E-state index < -0.39 is 59.8 Å². The highest BCUT2D eigenvalue weighted by Gasteiger charge is 2.48. The third-order valence-electron chi connectivity index (χ3n) is 12.9. The maximum Gasteiger partial charge on any atom is 0.397 e. The molecule has 71 heavy (non-hydrogen) atoms. The predicted molar refractivity (Wildman–Crippen MR) is 289 cm³/mol. The van der Waals surface area contributed by atoms with E-state index in [-0.39, 0.29) is 19.6 Å². The number of unbranched alkanes of at least 4 members (excludes halogenated alkanes) is 27. The number of aliphatic hydroxyl groups excluding tert-OH is 3. The summed E-state index contributed by atoms with van der Waals surface area (Å²) < 4.78 is 59.4. The topological polar surface area (TPSA) is 178 Å². The molecule has 1 saturated heterocycles. The van der Waals surface area contributed by atoms with Gasteiger partial charge in [0.2, 0.25) is 0 Å². The van der Waals surface area contributed by atoms with E-state index in [2.05, 4.69) is 78.8 Å². The average Bonchev–Trinajstić information content (AvgIpc) is 3.35. The Kier molecular flexibility index (Phi) is 45.9. The van der Waals surface area contributed by atoms with Gasteiger partial charge in [-0.1, -0.05) is 235 Å². The van der Waals surface area contributed by atoms with Gasteiger partial charge in [-0.05, 0) is 57.8 Å². The molecular weight excluding hydrogens is 921 g/mol. The van der Waals surface area contributed by atoms with Gasteiger partial charge in [0.05, 0.1) is 19.8 Å². The maximum absolute atomic E-state index is 12.9.